The number of para-hydroxylation sites is 1. The smallest absolute Gasteiger partial charge is 0.438 e. The quantitative estimate of drug-likeness (QED) is 0.843. The number of fused-ring (bicyclic) bond motifs is 1. The van der Waals surface area contributed by atoms with Gasteiger partial charge < -0.3 is 4.74 Å². The lowest BCUT2D eigenvalue weighted by atomic mass is 9.90. The number of carbonyl (C=O) groups excluding carboxylic acids is 1. The first-order valence-corrected chi connectivity index (χ1v) is 7.05. The highest BCUT2D eigenvalue weighted by Crippen LogP contribution is 2.37. The molecule has 0 radical (unpaired) electrons. The Bertz CT molecular complexity index is 627. The van der Waals surface area contributed by atoms with Gasteiger partial charge in [-0.3, -0.25) is 4.84 Å². The molecule has 1 atom stereocenters. The van der Waals surface area contributed by atoms with Crippen LogP contribution in [0.2, 0.25) is 0 Å². The fourth-order valence-electron chi connectivity index (χ4n) is 2.57. The van der Waals surface area contributed by atoms with Crippen molar-refractivity contribution < 1.29 is 14.4 Å². The van der Waals surface area contributed by atoms with Crippen LogP contribution in [0.15, 0.2) is 54.6 Å². The zero-order chi connectivity index (χ0) is 14.7. The minimum absolute atomic E-state index is 0.119. The van der Waals surface area contributed by atoms with E-state index in [-0.39, 0.29) is 5.92 Å². The van der Waals surface area contributed by atoms with Crippen LogP contribution in [0, 0.1) is 0 Å². The normalized spacial score (nSPS) is 17.2. The van der Waals surface area contributed by atoms with Gasteiger partial charge in [-0.05, 0) is 24.1 Å². The minimum Gasteiger partial charge on any atom is -0.448 e. The third-order valence-corrected chi connectivity index (χ3v) is 3.54. The Morgan fingerprint density at radius 2 is 1.90 bits per heavy atom. The van der Waals surface area contributed by atoms with Crippen LogP contribution in [0.25, 0.3) is 0 Å². The fraction of sp³-hybridized carbons (Fsp3) is 0.235. The van der Waals surface area contributed by atoms with E-state index in [2.05, 4.69) is 12.1 Å². The van der Waals surface area contributed by atoms with E-state index >= 15 is 0 Å². The number of rotatable bonds is 2. The first kappa shape index (κ1) is 13.6. The minimum atomic E-state index is -0.475. The molecule has 108 valence electrons. The molecule has 1 amide bonds. The van der Waals surface area contributed by atoms with Crippen molar-refractivity contribution in [1.29, 1.82) is 0 Å². The summed E-state index contributed by atoms with van der Waals surface area (Å²) in [5.41, 5.74) is 2.99. The van der Waals surface area contributed by atoms with Crippen LogP contribution in [-0.2, 0) is 9.57 Å². The summed E-state index contributed by atoms with van der Waals surface area (Å²) in [5, 5.41) is 1.25. The van der Waals surface area contributed by atoms with Gasteiger partial charge in [0.2, 0.25) is 0 Å². The Labute approximate surface area is 123 Å². The third-order valence-electron chi connectivity index (χ3n) is 3.54. The number of hydroxylamine groups is 1. The van der Waals surface area contributed by atoms with Crippen molar-refractivity contribution in [3.63, 3.8) is 0 Å². The van der Waals surface area contributed by atoms with Gasteiger partial charge in [0.25, 0.3) is 0 Å². The Kier molecular flexibility index (Phi) is 3.88. The van der Waals surface area contributed by atoms with Gasteiger partial charge >= 0.3 is 6.09 Å². The molecule has 0 N–H and O–H groups in total. The fourth-order valence-corrected chi connectivity index (χ4v) is 2.57. The van der Waals surface area contributed by atoms with E-state index in [1.807, 2.05) is 42.5 Å². The molecule has 1 aliphatic rings. The molecule has 0 saturated carbocycles. The lowest BCUT2D eigenvalue weighted by molar-refractivity contribution is 0.0665. The summed E-state index contributed by atoms with van der Waals surface area (Å²) >= 11 is 0. The van der Waals surface area contributed by atoms with E-state index < -0.39 is 6.09 Å². The second kappa shape index (κ2) is 5.97. The van der Waals surface area contributed by atoms with Gasteiger partial charge in [-0.25, -0.2) is 4.79 Å². The molecule has 0 aromatic heterocycles. The topological polar surface area (TPSA) is 38.8 Å². The average Bonchev–Trinajstić information content (AvgIpc) is 2.55. The molecule has 21 heavy (non-hydrogen) atoms. The van der Waals surface area contributed by atoms with Crippen molar-refractivity contribution in [2.24, 2.45) is 0 Å². The Morgan fingerprint density at radius 1 is 1.19 bits per heavy atom. The monoisotopic (exact) mass is 283 g/mol. The van der Waals surface area contributed by atoms with Crippen LogP contribution in [0.3, 0.4) is 0 Å². The van der Waals surface area contributed by atoms with Gasteiger partial charge in [-0.15, -0.1) is 0 Å². The first-order chi connectivity index (χ1) is 10.3. The van der Waals surface area contributed by atoms with E-state index in [0.717, 1.165) is 11.3 Å². The zero-order valence-corrected chi connectivity index (χ0v) is 11.9. The summed E-state index contributed by atoms with van der Waals surface area (Å²) in [5.74, 6) is 0.119. The van der Waals surface area contributed by atoms with Gasteiger partial charge in [0.05, 0.1) is 18.9 Å². The molecule has 0 aliphatic carbocycles. The largest absolute Gasteiger partial charge is 0.448 e. The summed E-state index contributed by atoms with van der Waals surface area (Å²) < 4.78 is 5.04. The maximum atomic E-state index is 12.0. The molecule has 4 nitrogen and oxygen atoms in total. The van der Waals surface area contributed by atoms with Crippen LogP contribution >= 0.6 is 0 Å². The van der Waals surface area contributed by atoms with Gasteiger partial charge in [0.1, 0.15) is 0 Å². The molecule has 4 heteroatoms. The molecule has 0 spiro atoms. The lowest BCUT2D eigenvalue weighted by Gasteiger charge is -2.32. The van der Waals surface area contributed by atoms with Gasteiger partial charge in [-0.2, -0.15) is 5.06 Å². The average molecular weight is 283 g/mol. The summed E-state index contributed by atoms with van der Waals surface area (Å²) in [6.45, 7) is 2.52. The zero-order valence-electron chi connectivity index (χ0n) is 11.9. The van der Waals surface area contributed by atoms with E-state index in [0.29, 0.717) is 13.2 Å². The van der Waals surface area contributed by atoms with Gasteiger partial charge in [-0.1, -0.05) is 48.5 Å². The molecule has 1 aliphatic heterocycles. The van der Waals surface area contributed by atoms with Crippen molar-refractivity contribution in [1.82, 2.24) is 0 Å². The molecule has 0 fully saturated rings. The maximum absolute atomic E-state index is 12.0. The van der Waals surface area contributed by atoms with Crippen LogP contribution in [0.5, 0.6) is 0 Å². The maximum Gasteiger partial charge on any atom is 0.438 e. The molecular weight excluding hydrogens is 266 g/mol. The number of nitrogens with zero attached hydrogens (tertiary/aromatic N) is 1. The predicted octanol–water partition coefficient (Wildman–Crippen LogP) is 3.73. The molecule has 3 rings (SSSR count). The number of amides is 1. The van der Waals surface area contributed by atoms with Crippen molar-refractivity contribution >= 4 is 11.8 Å². The Hall–Kier alpha value is -2.33. The molecule has 1 unspecified atom stereocenters. The molecular formula is C17H17NO3. The lowest BCUT2D eigenvalue weighted by Crippen LogP contribution is -2.37. The number of carbonyl (C=O) groups is 1. The summed E-state index contributed by atoms with van der Waals surface area (Å²) in [4.78, 5) is 17.6. The van der Waals surface area contributed by atoms with Crippen molar-refractivity contribution in [3.05, 3.63) is 65.7 Å². The van der Waals surface area contributed by atoms with Crippen LogP contribution in [-0.4, -0.2) is 19.3 Å². The molecule has 2 aromatic carbocycles. The van der Waals surface area contributed by atoms with Crippen molar-refractivity contribution in [2.45, 2.75) is 12.8 Å². The second-order valence-electron chi connectivity index (χ2n) is 4.81. The predicted molar refractivity (Wildman–Crippen MR) is 80.2 cm³/mol. The first-order valence-electron chi connectivity index (χ1n) is 7.05. The van der Waals surface area contributed by atoms with Crippen molar-refractivity contribution in [2.75, 3.05) is 18.3 Å². The SMILES string of the molecule is CCOC(=O)N1OCC(c2ccccc2)c2ccccc21. The summed E-state index contributed by atoms with van der Waals surface area (Å²) in [6, 6.07) is 17.9. The molecule has 0 bridgehead atoms. The number of anilines is 1. The molecule has 1 heterocycles. The summed E-state index contributed by atoms with van der Waals surface area (Å²) in [7, 11) is 0. The van der Waals surface area contributed by atoms with Crippen molar-refractivity contribution in [3.8, 4) is 0 Å². The van der Waals surface area contributed by atoms with E-state index in [1.165, 1.54) is 10.6 Å². The standard InChI is InChI=1S/C17H17NO3/c1-2-20-17(19)18-16-11-7-6-10-14(16)15(12-21-18)13-8-4-3-5-9-13/h3-11,15H,2,12H2,1H3. The second-order valence-corrected chi connectivity index (χ2v) is 4.81. The van der Waals surface area contributed by atoms with E-state index in [4.69, 9.17) is 9.57 Å². The highest BCUT2D eigenvalue weighted by Gasteiger charge is 2.31. The van der Waals surface area contributed by atoms with Gasteiger partial charge in [0, 0.05) is 5.92 Å². The third kappa shape index (κ3) is 2.62. The number of ether oxygens (including phenoxy) is 1. The van der Waals surface area contributed by atoms with E-state index in [9.17, 15) is 4.79 Å². The Balaban J connectivity index is 1.98. The highest BCUT2D eigenvalue weighted by molar-refractivity contribution is 5.87. The van der Waals surface area contributed by atoms with Crippen LogP contribution in [0.1, 0.15) is 24.0 Å². The molecule has 2 aromatic rings. The number of hydrogen-bond donors (Lipinski definition) is 0. The van der Waals surface area contributed by atoms with E-state index in [1.54, 1.807) is 6.92 Å². The van der Waals surface area contributed by atoms with Crippen LogP contribution in [0.4, 0.5) is 10.5 Å². The highest BCUT2D eigenvalue weighted by atomic mass is 16.7. The van der Waals surface area contributed by atoms with Crippen LogP contribution < -0.4 is 5.06 Å². The van der Waals surface area contributed by atoms with Gasteiger partial charge in [0.15, 0.2) is 0 Å². The molecule has 0 saturated heterocycles. The summed E-state index contributed by atoms with van der Waals surface area (Å²) in [6.07, 6.45) is -0.475. The number of hydrogen-bond acceptors (Lipinski definition) is 3. The number of benzene rings is 2. The Morgan fingerprint density at radius 3 is 2.67 bits per heavy atom.